The molecule has 0 aliphatic carbocycles. The van der Waals surface area contributed by atoms with Crippen molar-refractivity contribution >= 4 is 20.0 Å². The van der Waals surface area contributed by atoms with Gasteiger partial charge in [-0.25, -0.2) is 16.8 Å². The molecular formula is C17H21F3N4O4S2. The van der Waals surface area contributed by atoms with Crippen LogP contribution < -0.4 is 0 Å². The molecule has 0 unspecified atom stereocenters. The average molecular weight is 467 g/mol. The van der Waals surface area contributed by atoms with E-state index in [0.717, 1.165) is 16.4 Å². The van der Waals surface area contributed by atoms with Crippen molar-refractivity contribution in [3.05, 3.63) is 41.2 Å². The lowest BCUT2D eigenvalue weighted by Crippen LogP contribution is -2.37. The summed E-state index contributed by atoms with van der Waals surface area (Å²) < 4.78 is 92.2. The predicted molar refractivity (Wildman–Crippen MR) is 102 cm³/mol. The predicted octanol–water partition coefficient (Wildman–Crippen LogP) is 2.13. The third-order valence-electron chi connectivity index (χ3n) is 4.89. The Morgan fingerprint density at radius 3 is 1.90 bits per heavy atom. The minimum Gasteiger partial charge on any atom is -0.281 e. The third kappa shape index (κ3) is 4.24. The summed E-state index contributed by atoms with van der Waals surface area (Å²) in [5.74, 6) is 0. The fraction of sp³-hybridized carbons (Fsp3) is 0.471. The van der Waals surface area contributed by atoms with Gasteiger partial charge in [-0.1, -0.05) is 0 Å². The number of aromatic amines is 1. The van der Waals surface area contributed by atoms with Crippen molar-refractivity contribution in [1.29, 1.82) is 0 Å². The quantitative estimate of drug-likeness (QED) is 0.744. The second-order valence-corrected chi connectivity index (χ2v) is 10.8. The van der Waals surface area contributed by atoms with Crippen molar-refractivity contribution in [3.63, 3.8) is 0 Å². The molecule has 0 atom stereocenters. The highest BCUT2D eigenvalue weighted by Crippen LogP contribution is 2.30. The van der Waals surface area contributed by atoms with Crippen molar-refractivity contribution in [1.82, 2.24) is 18.8 Å². The number of hydrogen-bond donors (Lipinski definition) is 1. The number of H-pyrrole nitrogens is 1. The number of sulfonamides is 2. The van der Waals surface area contributed by atoms with Crippen LogP contribution in [0.1, 0.15) is 23.4 Å². The summed E-state index contributed by atoms with van der Waals surface area (Å²) in [6.45, 7) is 3.14. The number of nitrogens with one attached hydrogen (secondary N) is 1. The second-order valence-electron chi connectivity index (χ2n) is 6.95. The summed E-state index contributed by atoms with van der Waals surface area (Å²) in [4.78, 5) is -0.199. The highest BCUT2D eigenvalue weighted by Gasteiger charge is 2.35. The Bertz CT molecular complexity index is 1110. The summed E-state index contributed by atoms with van der Waals surface area (Å²) in [6.07, 6.45) is -4.32. The van der Waals surface area contributed by atoms with E-state index in [-0.39, 0.29) is 42.4 Å². The molecule has 1 saturated heterocycles. The lowest BCUT2D eigenvalue weighted by atomic mass is 10.2. The molecule has 1 aromatic carbocycles. The SMILES string of the molecule is Cc1n[nH]c(C)c1S(=O)(=O)N1CCCN(S(=O)(=O)c2ccc(C(F)(F)F)cc2)CC1. The number of alkyl halides is 3. The summed E-state index contributed by atoms with van der Waals surface area (Å²) in [5.41, 5.74) is -0.225. The largest absolute Gasteiger partial charge is 0.416 e. The Balaban J connectivity index is 1.81. The van der Waals surface area contributed by atoms with Gasteiger partial charge in [-0.2, -0.15) is 26.9 Å². The van der Waals surface area contributed by atoms with E-state index in [1.165, 1.54) is 4.31 Å². The lowest BCUT2D eigenvalue weighted by molar-refractivity contribution is -0.137. The van der Waals surface area contributed by atoms with E-state index in [1.807, 2.05) is 0 Å². The zero-order valence-electron chi connectivity index (χ0n) is 16.3. The molecule has 2 heterocycles. The van der Waals surface area contributed by atoms with E-state index in [9.17, 15) is 30.0 Å². The van der Waals surface area contributed by atoms with E-state index >= 15 is 0 Å². The monoisotopic (exact) mass is 466 g/mol. The first kappa shape index (κ1) is 22.7. The van der Waals surface area contributed by atoms with Crippen molar-refractivity contribution in [2.45, 2.75) is 36.2 Å². The Labute approximate surface area is 172 Å². The topological polar surface area (TPSA) is 103 Å². The third-order valence-corrected chi connectivity index (χ3v) is 8.97. The smallest absolute Gasteiger partial charge is 0.281 e. The lowest BCUT2D eigenvalue weighted by Gasteiger charge is -2.22. The molecule has 1 fully saturated rings. The number of benzene rings is 1. The first-order valence-corrected chi connectivity index (χ1v) is 11.9. The first-order valence-electron chi connectivity index (χ1n) is 9.04. The number of aryl methyl sites for hydroxylation is 2. The number of aromatic nitrogens is 2. The van der Waals surface area contributed by atoms with E-state index < -0.39 is 31.8 Å². The maximum atomic E-state index is 13.0. The van der Waals surface area contributed by atoms with Crippen LogP contribution in [0.2, 0.25) is 0 Å². The highest BCUT2D eigenvalue weighted by atomic mass is 32.2. The van der Waals surface area contributed by atoms with Gasteiger partial charge in [0.1, 0.15) is 4.90 Å². The zero-order chi connectivity index (χ0) is 22.3. The number of hydrogen-bond acceptors (Lipinski definition) is 5. The van der Waals surface area contributed by atoms with Crippen LogP contribution in [0.15, 0.2) is 34.1 Å². The van der Waals surface area contributed by atoms with Crippen LogP contribution in [-0.4, -0.2) is 61.8 Å². The number of nitrogens with zero attached hydrogens (tertiary/aromatic N) is 3. The van der Waals surface area contributed by atoms with Gasteiger partial charge in [0.25, 0.3) is 0 Å². The summed E-state index contributed by atoms with van der Waals surface area (Å²) in [6, 6.07) is 3.25. The standard InChI is InChI=1S/C17H21F3N4O4S2/c1-12-16(13(2)22-21-12)30(27,28)24-9-3-8-23(10-11-24)29(25,26)15-6-4-14(5-7-15)17(18,19)20/h4-7H,3,8-11H2,1-2H3,(H,21,22). The van der Waals surface area contributed by atoms with Crippen molar-refractivity contribution in [2.24, 2.45) is 0 Å². The van der Waals surface area contributed by atoms with E-state index in [1.54, 1.807) is 13.8 Å². The van der Waals surface area contributed by atoms with Crippen molar-refractivity contribution < 1.29 is 30.0 Å². The van der Waals surface area contributed by atoms with Gasteiger partial charge in [0, 0.05) is 26.2 Å². The Kier molecular flexibility index (Phi) is 6.02. The maximum absolute atomic E-state index is 13.0. The van der Waals surface area contributed by atoms with Crippen LogP contribution in [0.3, 0.4) is 0 Å². The summed E-state index contributed by atoms with van der Waals surface area (Å²) in [5, 5.41) is 6.53. The molecule has 3 rings (SSSR count). The molecule has 1 aromatic heterocycles. The van der Waals surface area contributed by atoms with Gasteiger partial charge in [-0.3, -0.25) is 5.10 Å². The van der Waals surface area contributed by atoms with E-state index in [0.29, 0.717) is 23.5 Å². The molecule has 0 amide bonds. The zero-order valence-corrected chi connectivity index (χ0v) is 17.9. The minimum atomic E-state index is -4.57. The molecule has 0 bridgehead atoms. The molecule has 13 heteroatoms. The fourth-order valence-corrected chi connectivity index (χ4v) is 6.64. The Morgan fingerprint density at radius 2 is 1.43 bits per heavy atom. The highest BCUT2D eigenvalue weighted by molar-refractivity contribution is 7.89. The normalized spacial score (nSPS) is 17.8. The van der Waals surface area contributed by atoms with Gasteiger partial charge in [0.2, 0.25) is 20.0 Å². The van der Waals surface area contributed by atoms with Gasteiger partial charge < -0.3 is 0 Å². The Morgan fingerprint density at radius 1 is 0.900 bits per heavy atom. The van der Waals surface area contributed by atoms with Crippen molar-refractivity contribution in [2.75, 3.05) is 26.2 Å². The average Bonchev–Trinajstić information content (AvgIpc) is 2.86. The van der Waals surface area contributed by atoms with Crippen LogP contribution in [-0.2, 0) is 26.2 Å². The van der Waals surface area contributed by atoms with E-state index in [4.69, 9.17) is 0 Å². The molecule has 0 saturated carbocycles. The van der Waals surface area contributed by atoms with Crippen LogP contribution >= 0.6 is 0 Å². The number of rotatable bonds is 4. The summed E-state index contributed by atoms with van der Waals surface area (Å²) in [7, 11) is -7.93. The van der Waals surface area contributed by atoms with Gasteiger partial charge in [0.05, 0.1) is 21.8 Å². The second kappa shape index (κ2) is 7.94. The van der Waals surface area contributed by atoms with Crippen LogP contribution in [0.25, 0.3) is 0 Å². The molecule has 0 spiro atoms. The molecule has 1 aliphatic heterocycles. The fourth-order valence-electron chi connectivity index (χ4n) is 3.37. The van der Waals surface area contributed by atoms with Crippen LogP contribution in [0, 0.1) is 13.8 Å². The van der Waals surface area contributed by atoms with Gasteiger partial charge in [0.15, 0.2) is 0 Å². The Hall–Kier alpha value is -1.96. The number of halogens is 3. The molecule has 2 aromatic rings. The summed E-state index contributed by atoms with van der Waals surface area (Å²) >= 11 is 0. The molecule has 1 N–H and O–H groups in total. The van der Waals surface area contributed by atoms with Crippen molar-refractivity contribution in [3.8, 4) is 0 Å². The molecule has 166 valence electrons. The van der Waals surface area contributed by atoms with Crippen LogP contribution in [0.4, 0.5) is 13.2 Å². The molecule has 8 nitrogen and oxygen atoms in total. The van der Waals surface area contributed by atoms with Gasteiger partial charge >= 0.3 is 6.18 Å². The van der Waals surface area contributed by atoms with Gasteiger partial charge in [-0.15, -0.1) is 0 Å². The first-order chi connectivity index (χ1) is 13.8. The van der Waals surface area contributed by atoms with E-state index in [2.05, 4.69) is 10.2 Å². The van der Waals surface area contributed by atoms with Gasteiger partial charge in [-0.05, 0) is 44.5 Å². The molecule has 30 heavy (non-hydrogen) atoms. The minimum absolute atomic E-state index is 0.0543. The molecule has 0 radical (unpaired) electrons. The molecular weight excluding hydrogens is 445 g/mol. The van der Waals surface area contributed by atoms with Crippen LogP contribution in [0.5, 0.6) is 0 Å². The molecule has 1 aliphatic rings. The maximum Gasteiger partial charge on any atom is 0.416 e.